The lowest BCUT2D eigenvalue weighted by atomic mass is 10.1. The van der Waals surface area contributed by atoms with Crippen LogP contribution in [0, 0.1) is 5.82 Å². The first-order chi connectivity index (χ1) is 16.3. The molecule has 1 aliphatic rings. The molecule has 0 unspecified atom stereocenters. The molecule has 3 aromatic rings. The van der Waals surface area contributed by atoms with E-state index in [-0.39, 0.29) is 16.3 Å². The summed E-state index contributed by atoms with van der Waals surface area (Å²) >= 11 is 0. The molecule has 9 heteroatoms. The number of rotatable bonds is 7. The van der Waals surface area contributed by atoms with Crippen LogP contribution in [0.5, 0.6) is 0 Å². The lowest BCUT2D eigenvalue weighted by molar-refractivity contribution is -0.124. The smallest absolute Gasteiger partial charge is 0.338 e. The highest BCUT2D eigenvalue weighted by Gasteiger charge is 2.31. The Labute approximate surface area is 197 Å². The number of esters is 1. The number of benzene rings is 3. The van der Waals surface area contributed by atoms with Crippen LogP contribution in [0.3, 0.4) is 0 Å². The summed E-state index contributed by atoms with van der Waals surface area (Å²) in [7, 11) is -3.87. The van der Waals surface area contributed by atoms with Crippen LogP contribution in [0.1, 0.15) is 34.5 Å². The maximum Gasteiger partial charge on any atom is 0.338 e. The Morgan fingerprint density at radius 3 is 2.56 bits per heavy atom. The molecule has 34 heavy (non-hydrogen) atoms. The fourth-order valence-electron chi connectivity index (χ4n) is 3.80. The van der Waals surface area contributed by atoms with Gasteiger partial charge in [0, 0.05) is 6.54 Å². The summed E-state index contributed by atoms with van der Waals surface area (Å²) in [5, 5.41) is 2.66. The number of amides is 1. The van der Waals surface area contributed by atoms with Gasteiger partial charge in [0.15, 0.2) is 6.61 Å². The molecule has 1 aliphatic heterocycles. The molecule has 0 bridgehead atoms. The van der Waals surface area contributed by atoms with Gasteiger partial charge in [-0.05, 0) is 60.9 Å². The Kier molecular flexibility index (Phi) is 6.65. The topological polar surface area (TPSA) is 92.8 Å². The molecule has 0 saturated carbocycles. The molecule has 0 aromatic heterocycles. The number of ether oxygens (including phenoxy) is 1. The number of hydrogen-bond acceptors (Lipinski definition) is 5. The molecule has 176 valence electrons. The number of nitrogens with zero attached hydrogens (tertiary/aromatic N) is 1. The molecular formula is C25H23FN2O5S. The van der Waals surface area contributed by atoms with Crippen LogP contribution in [-0.4, -0.2) is 33.4 Å². The largest absolute Gasteiger partial charge is 0.452 e. The lowest BCUT2D eigenvalue weighted by Crippen LogP contribution is -2.31. The molecule has 1 heterocycles. The van der Waals surface area contributed by atoms with E-state index in [1.54, 1.807) is 31.2 Å². The summed E-state index contributed by atoms with van der Waals surface area (Å²) in [6, 6.07) is 18.1. The van der Waals surface area contributed by atoms with Gasteiger partial charge >= 0.3 is 5.97 Å². The molecule has 3 aromatic carbocycles. The van der Waals surface area contributed by atoms with Crippen molar-refractivity contribution in [3.8, 4) is 0 Å². The normalized spacial score (nSPS) is 13.8. The summed E-state index contributed by atoms with van der Waals surface area (Å²) in [6.07, 6.45) is 0.614. The van der Waals surface area contributed by atoms with Gasteiger partial charge in [0.25, 0.3) is 15.9 Å². The number of halogens is 1. The summed E-state index contributed by atoms with van der Waals surface area (Å²) in [5.41, 5.74) is 2.29. The minimum atomic E-state index is -3.87. The molecule has 4 rings (SSSR count). The van der Waals surface area contributed by atoms with Crippen molar-refractivity contribution in [2.24, 2.45) is 0 Å². The van der Waals surface area contributed by atoms with E-state index in [0.717, 1.165) is 5.56 Å². The van der Waals surface area contributed by atoms with E-state index in [2.05, 4.69) is 5.32 Å². The van der Waals surface area contributed by atoms with Gasteiger partial charge < -0.3 is 10.1 Å². The highest BCUT2D eigenvalue weighted by Crippen LogP contribution is 2.32. The van der Waals surface area contributed by atoms with Crippen molar-refractivity contribution in [2.75, 3.05) is 17.5 Å². The lowest BCUT2D eigenvalue weighted by Gasteiger charge is -2.20. The predicted molar refractivity (Wildman–Crippen MR) is 124 cm³/mol. The number of hydrogen-bond donors (Lipinski definition) is 1. The van der Waals surface area contributed by atoms with Gasteiger partial charge in [0.2, 0.25) is 0 Å². The van der Waals surface area contributed by atoms with Crippen LogP contribution in [0.25, 0.3) is 0 Å². The third kappa shape index (κ3) is 4.94. The Hall–Kier alpha value is -3.72. The molecule has 1 N–H and O–H groups in total. The van der Waals surface area contributed by atoms with Crippen molar-refractivity contribution in [1.82, 2.24) is 5.32 Å². The standard InChI is InChI=1S/C25H23FN2O5S/c1-17(18-9-11-21(26)12-10-18)27-24(29)16-33-25(30)20-6-4-7-22(15-20)34(31,32)28-14-13-19-5-2-3-8-23(19)28/h2-12,15,17H,13-14,16H2,1H3,(H,27,29)/t17-/m0/s1. The SMILES string of the molecule is C[C@H](NC(=O)COC(=O)c1cccc(S(=O)(=O)N2CCc3ccccc32)c1)c1ccc(F)cc1. The average molecular weight is 483 g/mol. The fraction of sp³-hybridized carbons (Fsp3) is 0.200. The van der Waals surface area contributed by atoms with Crippen molar-refractivity contribution >= 4 is 27.6 Å². The first-order valence-corrected chi connectivity index (χ1v) is 12.1. The number of carbonyl (C=O) groups excluding carboxylic acids is 2. The maximum absolute atomic E-state index is 13.2. The molecule has 1 atom stereocenters. The van der Waals surface area contributed by atoms with Gasteiger partial charge in [-0.25, -0.2) is 17.6 Å². The zero-order valence-corrected chi connectivity index (χ0v) is 19.2. The first-order valence-electron chi connectivity index (χ1n) is 10.7. The van der Waals surface area contributed by atoms with Crippen LogP contribution in [0.2, 0.25) is 0 Å². The second-order valence-corrected chi connectivity index (χ2v) is 9.76. The third-order valence-electron chi connectivity index (χ3n) is 5.58. The Morgan fingerprint density at radius 2 is 1.79 bits per heavy atom. The van der Waals surface area contributed by atoms with Crippen molar-refractivity contribution < 1.29 is 27.1 Å². The summed E-state index contributed by atoms with van der Waals surface area (Å²) in [5.74, 6) is -1.74. The highest BCUT2D eigenvalue weighted by atomic mass is 32.2. The van der Waals surface area contributed by atoms with Crippen molar-refractivity contribution in [1.29, 1.82) is 0 Å². The van der Waals surface area contributed by atoms with E-state index in [0.29, 0.717) is 24.2 Å². The average Bonchev–Trinajstić information content (AvgIpc) is 3.28. The number of sulfonamides is 1. The number of nitrogens with one attached hydrogen (secondary N) is 1. The molecule has 0 aliphatic carbocycles. The van der Waals surface area contributed by atoms with E-state index in [1.165, 1.54) is 40.7 Å². The maximum atomic E-state index is 13.2. The van der Waals surface area contributed by atoms with Crippen LogP contribution in [0.15, 0.2) is 77.7 Å². The number of para-hydroxylation sites is 1. The predicted octanol–water partition coefficient (Wildman–Crippen LogP) is 3.61. The molecule has 0 radical (unpaired) electrons. The minimum Gasteiger partial charge on any atom is -0.452 e. The summed E-state index contributed by atoms with van der Waals surface area (Å²) < 4.78 is 45.9. The van der Waals surface area contributed by atoms with Gasteiger partial charge in [0.1, 0.15) is 5.82 Å². The van der Waals surface area contributed by atoms with Gasteiger partial charge in [0.05, 0.1) is 22.2 Å². The molecular weight excluding hydrogens is 459 g/mol. The zero-order valence-electron chi connectivity index (χ0n) is 18.4. The van der Waals surface area contributed by atoms with E-state index < -0.39 is 34.5 Å². The Balaban J connectivity index is 1.40. The molecule has 0 fully saturated rings. The summed E-state index contributed by atoms with van der Waals surface area (Å²) in [6.45, 7) is 1.50. The Bertz CT molecular complexity index is 1330. The van der Waals surface area contributed by atoms with Gasteiger partial charge in [-0.15, -0.1) is 0 Å². The first kappa shape index (κ1) is 23.4. The van der Waals surface area contributed by atoms with E-state index >= 15 is 0 Å². The van der Waals surface area contributed by atoms with E-state index in [1.807, 2.05) is 12.1 Å². The fourth-order valence-corrected chi connectivity index (χ4v) is 5.35. The molecule has 1 amide bonds. The molecule has 0 saturated heterocycles. The second-order valence-electron chi connectivity index (χ2n) is 7.90. The van der Waals surface area contributed by atoms with E-state index in [4.69, 9.17) is 4.74 Å². The van der Waals surface area contributed by atoms with Crippen molar-refractivity contribution in [3.63, 3.8) is 0 Å². The third-order valence-corrected chi connectivity index (χ3v) is 7.39. The van der Waals surface area contributed by atoms with Crippen LogP contribution >= 0.6 is 0 Å². The molecule has 0 spiro atoms. The number of carbonyl (C=O) groups is 2. The molecule has 7 nitrogen and oxygen atoms in total. The minimum absolute atomic E-state index is 0.0212. The zero-order chi connectivity index (χ0) is 24.3. The summed E-state index contributed by atoms with van der Waals surface area (Å²) in [4.78, 5) is 24.6. The van der Waals surface area contributed by atoms with E-state index in [9.17, 15) is 22.4 Å². The quantitative estimate of drug-likeness (QED) is 0.520. The van der Waals surface area contributed by atoms with Crippen LogP contribution in [0.4, 0.5) is 10.1 Å². The van der Waals surface area contributed by atoms with Crippen LogP contribution in [-0.2, 0) is 26.0 Å². The van der Waals surface area contributed by atoms with Crippen molar-refractivity contribution in [2.45, 2.75) is 24.3 Å². The van der Waals surface area contributed by atoms with Gasteiger partial charge in [-0.3, -0.25) is 9.10 Å². The van der Waals surface area contributed by atoms with Gasteiger partial charge in [-0.2, -0.15) is 0 Å². The Morgan fingerprint density at radius 1 is 1.06 bits per heavy atom. The second kappa shape index (κ2) is 9.64. The highest BCUT2D eigenvalue weighted by molar-refractivity contribution is 7.92. The number of anilines is 1. The van der Waals surface area contributed by atoms with Crippen molar-refractivity contribution in [3.05, 3.63) is 95.3 Å². The van der Waals surface area contributed by atoms with Crippen LogP contribution < -0.4 is 9.62 Å². The monoisotopic (exact) mass is 482 g/mol. The van der Waals surface area contributed by atoms with Gasteiger partial charge in [-0.1, -0.05) is 36.4 Å². The number of fused-ring (bicyclic) bond motifs is 1.